The lowest BCUT2D eigenvalue weighted by Crippen LogP contribution is -2.43. The van der Waals surface area contributed by atoms with Crippen molar-refractivity contribution in [1.82, 2.24) is 10.2 Å². The SMILES string of the molecule is CONC(=O)CCC/C=C\C[C@H]1[C@@H]2CC[C@@H](C2)[C@@H]1NS(=O)(=O)c1ccccc1. The van der Waals surface area contributed by atoms with Crippen LogP contribution in [0.3, 0.4) is 0 Å². The Morgan fingerprint density at radius 1 is 1.18 bits per heavy atom. The van der Waals surface area contributed by atoms with Crippen molar-refractivity contribution in [3.63, 3.8) is 0 Å². The molecule has 0 saturated heterocycles. The van der Waals surface area contributed by atoms with Gasteiger partial charge in [0.2, 0.25) is 15.9 Å². The molecular weight excluding hydrogens is 376 g/mol. The highest BCUT2D eigenvalue weighted by Crippen LogP contribution is 2.50. The maximum Gasteiger partial charge on any atom is 0.243 e. The Morgan fingerprint density at radius 2 is 1.93 bits per heavy atom. The van der Waals surface area contributed by atoms with Crippen molar-refractivity contribution in [3.8, 4) is 0 Å². The van der Waals surface area contributed by atoms with Crippen LogP contribution < -0.4 is 10.2 Å². The molecule has 154 valence electrons. The van der Waals surface area contributed by atoms with Gasteiger partial charge in [-0.3, -0.25) is 9.63 Å². The number of hydrogen-bond acceptors (Lipinski definition) is 4. The first-order valence-electron chi connectivity index (χ1n) is 10.1. The van der Waals surface area contributed by atoms with Crippen LogP contribution in [-0.4, -0.2) is 27.5 Å². The fraction of sp³-hybridized carbons (Fsp3) is 0.571. The highest BCUT2D eigenvalue weighted by atomic mass is 32.2. The molecule has 0 aromatic heterocycles. The van der Waals surface area contributed by atoms with E-state index < -0.39 is 10.0 Å². The predicted octanol–water partition coefficient (Wildman–Crippen LogP) is 3.17. The fourth-order valence-corrected chi connectivity index (χ4v) is 6.07. The molecule has 2 aliphatic rings. The molecule has 28 heavy (non-hydrogen) atoms. The van der Waals surface area contributed by atoms with Gasteiger partial charge in [-0.2, -0.15) is 0 Å². The summed E-state index contributed by atoms with van der Waals surface area (Å²) >= 11 is 0. The number of benzene rings is 1. The van der Waals surface area contributed by atoms with Crippen LogP contribution in [0.5, 0.6) is 0 Å². The van der Waals surface area contributed by atoms with Crippen LogP contribution in [0.1, 0.15) is 44.9 Å². The second-order valence-corrected chi connectivity index (χ2v) is 9.50. The number of amides is 1. The molecule has 0 spiro atoms. The molecule has 6 nitrogen and oxygen atoms in total. The number of fused-ring (bicyclic) bond motifs is 2. The van der Waals surface area contributed by atoms with E-state index in [0.29, 0.717) is 29.1 Å². The van der Waals surface area contributed by atoms with Crippen LogP contribution >= 0.6 is 0 Å². The molecule has 2 aliphatic carbocycles. The van der Waals surface area contributed by atoms with Gasteiger partial charge < -0.3 is 0 Å². The molecule has 0 aliphatic heterocycles. The Morgan fingerprint density at radius 3 is 2.68 bits per heavy atom. The van der Waals surface area contributed by atoms with Crippen LogP contribution in [0.4, 0.5) is 0 Å². The Balaban J connectivity index is 1.53. The molecule has 4 atom stereocenters. The van der Waals surface area contributed by atoms with Gasteiger partial charge in [0, 0.05) is 12.5 Å². The summed E-state index contributed by atoms with van der Waals surface area (Å²) < 4.78 is 28.5. The maximum atomic E-state index is 12.8. The van der Waals surface area contributed by atoms with Gasteiger partial charge in [0.25, 0.3) is 0 Å². The minimum absolute atomic E-state index is 0.0149. The quantitative estimate of drug-likeness (QED) is 0.355. The Hall–Kier alpha value is -1.70. The average molecular weight is 407 g/mol. The second-order valence-electron chi connectivity index (χ2n) is 7.79. The minimum atomic E-state index is -3.48. The molecule has 3 rings (SSSR count). The lowest BCUT2D eigenvalue weighted by Gasteiger charge is -2.31. The fourth-order valence-electron chi connectivity index (χ4n) is 4.70. The van der Waals surface area contributed by atoms with Gasteiger partial charge in [0.15, 0.2) is 0 Å². The van der Waals surface area contributed by atoms with Crippen molar-refractivity contribution in [2.24, 2.45) is 17.8 Å². The number of allylic oxidation sites excluding steroid dienone is 2. The summed E-state index contributed by atoms with van der Waals surface area (Å²) in [6, 6.07) is 8.63. The van der Waals surface area contributed by atoms with E-state index in [2.05, 4.69) is 27.2 Å². The van der Waals surface area contributed by atoms with E-state index >= 15 is 0 Å². The third-order valence-electron chi connectivity index (χ3n) is 6.00. The third-order valence-corrected chi connectivity index (χ3v) is 7.47. The van der Waals surface area contributed by atoms with Crippen molar-refractivity contribution in [2.45, 2.75) is 55.9 Å². The number of hydroxylamine groups is 1. The standard InChI is InChI=1S/C21H30N2O4S/c1-27-22-20(24)12-8-3-2-7-11-19-16-13-14-17(15-16)21(19)23-28(25,26)18-9-5-4-6-10-18/h2,4-7,9-10,16-17,19,21,23H,3,8,11-15H2,1H3,(H,22,24)/b7-2-/t16-,17+,19+,21+/m1/s1. The Bertz CT molecular complexity index is 779. The number of rotatable bonds is 10. The van der Waals surface area contributed by atoms with Gasteiger partial charge in [-0.15, -0.1) is 0 Å². The number of sulfonamides is 1. The molecular formula is C21H30N2O4S. The zero-order valence-electron chi connectivity index (χ0n) is 16.3. The molecule has 0 unspecified atom stereocenters. The van der Waals surface area contributed by atoms with Crippen molar-refractivity contribution < 1.29 is 18.0 Å². The number of unbranched alkanes of at least 4 members (excludes halogenated alkanes) is 1. The van der Waals surface area contributed by atoms with E-state index in [9.17, 15) is 13.2 Å². The largest absolute Gasteiger partial charge is 0.277 e. The van der Waals surface area contributed by atoms with Gasteiger partial charge in [-0.25, -0.2) is 18.6 Å². The monoisotopic (exact) mass is 406 g/mol. The van der Waals surface area contributed by atoms with E-state index in [0.717, 1.165) is 32.1 Å². The highest BCUT2D eigenvalue weighted by molar-refractivity contribution is 7.89. The Labute approximate surface area is 167 Å². The van der Waals surface area contributed by atoms with E-state index in [1.54, 1.807) is 24.3 Å². The molecule has 1 aromatic carbocycles. The first kappa shape index (κ1) is 21.0. The summed E-state index contributed by atoms with van der Waals surface area (Å²) in [5.41, 5.74) is 2.31. The number of carbonyl (C=O) groups is 1. The van der Waals surface area contributed by atoms with E-state index in [-0.39, 0.29) is 11.9 Å². The van der Waals surface area contributed by atoms with Gasteiger partial charge in [0.1, 0.15) is 0 Å². The predicted molar refractivity (Wildman–Crippen MR) is 108 cm³/mol. The lowest BCUT2D eigenvalue weighted by atomic mass is 9.83. The van der Waals surface area contributed by atoms with Crippen LogP contribution in [0.15, 0.2) is 47.4 Å². The van der Waals surface area contributed by atoms with Crippen LogP contribution in [0.2, 0.25) is 0 Å². The highest BCUT2D eigenvalue weighted by Gasteiger charge is 2.48. The molecule has 1 aromatic rings. The van der Waals surface area contributed by atoms with Crippen LogP contribution in [0.25, 0.3) is 0 Å². The molecule has 7 heteroatoms. The van der Waals surface area contributed by atoms with Crippen molar-refractivity contribution >= 4 is 15.9 Å². The molecule has 2 fully saturated rings. The smallest absolute Gasteiger partial charge is 0.243 e. The van der Waals surface area contributed by atoms with E-state index in [1.807, 2.05) is 6.07 Å². The van der Waals surface area contributed by atoms with Crippen molar-refractivity contribution in [3.05, 3.63) is 42.5 Å². The first-order chi connectivity index (χ1) is 13.5. The number of carbonyl (C=O) groups excluding carboxylic acids is 1. The summed E-state index contributed by atoms with van der Waals surface area (Å²) in [7, 11) is -2.06. The second kappa shape index (κ2) is 9.67. The van der Waals surface area contributed by atoms with Crippen LogP contribution in [-0.2, 0) is 19.7 Å². The molecule has 1 amide bonds. The topological polar surface area (TPSA) is 84.5 Å². The lowest BCUT2D eigenvalue weighted by molar-refractivity contribution is -0.131. The minimum Gasteiger partial charge on any atom is -0.277 e. The summed E-state index contributed by atoms with van der Waals surface area (Å²) in [6.45, 7) is 0. The molecule has 2 bridgehead atoms. The number of hydrogen-bond donors (Lipinski definition) is 2. The van der Waals surface area contributed by atoms with Gasteiger partial charge in [-0.05, 0) is 68.4 Å². The van der Waals surface area contributed by atoms with Crippen LogP contribution in [0, 0.1) is 17.8 Å². The molecule has 2 saturated carbocycles. The normalized spacial score (nSPS) is 26.8. The Kier molecular flexibility index (Phi) is 7.26. The van der Waals surface area contributed by atoms with Crippen molar-refractivity contribution in [2.75, 3.05) is 7.11 Å². The maximum absolute atomic E-state index is 12.8. The van der Waals surface area contributed by atoms with Gasteiger partial charge in [-0.1, -0.05) is 30.4 Å². The molecule has 2 N–H and O–H groups in total. The average Bonchev–Trinajstić information content (AvgIpc) is 3.27. The van der Waals surface area contributed by atoms with E-state index in [4.69, 9.17) is 0 Å². The third kappa shape index (κ3) is 5.21. The van der Waals surface area contributed by atoms with E-state index in [1.165, 1.54) is 13.5 Å². The summed E-state index contributed by atoms with van der Waals surface area (Å²) in [4.78, 5) is 16.3. The first-order valence-corrected chi connectivity index (χ1v) is 11.5. The number of nitrogens with one attached hydrogen (secondary N) is 2. The summed E-state index contributed by atoms with van der Waals surface area (Å²) in [5, 5.41) is 0. The summed E-state index contributed by atoms with van der Waals surface area (Å²) in [6.07, 6.45) is 10.6. The van der Waals surface area contributed by atoms with Gasteiger partial charge in [0.05, 0.1) is 12.0 Å². The zero-order chi connectivity index (χ0) is 20.0. The van der Waals surface area contributed by atoms with Gasteiger partial charge >= 0.3 is 0 Å². The summed E-state index contributed by atoms with van der Waals surface area (Å²) in [5.74, 6) is 1.29. The molecule has 0 radical (unpaired) electrons. The van der Waals surface area contributed by atoms with Crippen molar-refractivity contribution in [1.29, 1.82) is 0 Å². The molecule has 0 heterocycles. The zero-order valence-corrected chi connectivity index (χ0v) is 17.2.